The molecule has 0 aromatic heterocycles. The molecule has 0 saturated heterocycles. The van der Waals surface area contributed by atoms with E-state index in [-0.39, 0.29) is 11.5 Å². The van der Waals surface area contributed by atoms with Gasteiger partial charge in [0, 0.05) is 16.6 Å². The van der Waals surface area contributed by atoms with Crippen LogP contribution in [0.5, 0.6) is 0 Å². The Balaban J connectivity index is 2.63. The summed E-state index contributed by atoms with van der Waals surface area (Å²) in [4.78, 5) is 0. The lowest BCUT2D eigenvalue weighted by atomic mass is 9.78. The Hall–Kier alpha value is -0.730. The molecule has 1 aromatic rings. The van der Waals surface area contributed by atoms with Crippen LogP contribution in [0.15, 0.2) is 12.1 Å². The van der Waals surface area contributed by atoms with Crippen LogP contribution in [0.3, 0.4) is 0 Å². The fourth-order valence-electron chi connectivity index (χ4n) is 2.49. The Morgan fingerprint density at radius 1 is 1.38 bits per heavy atom. The van der Waals surface area contributed by atoms with Gasteiger partial charge in [-0.2, -0.15) is 0 Å². The zero-order valence-corrected chi connectivity index (χ0v) is 10.9. The van der Waals surface area contributed by atoms with E-state index in [9.17, 15) is 5.11 Å². The molecule has 0 radical (unpaired) electrons. The van der Waals surface area contributed by atoms with Gasteiger partial charge in [-0.15, -0.1) is 0 Å². The van der Waals surface area contributed by atoms with E-state index in [1.165, 1.54) is 5.56 Å². The highest BCUT2D eigenvalue weighted by Crippen LogP contribution is 2.43. The summed E-state index contributed by atoms with van der Waals surface area (Å²) >= 11 is 6.22. The monoisotopic (exact) mass is 239 g/mol. The molecule has 2 atom stereocenters. The van der Waals surface area contributed by atoms with E-state index >= 15 is 0 Å². The van der Waals surface area contributed by atoms with Crippen molar-refractivity contribution in [2.24, 2.45) is 0 Å². The molecule has 1 heterocycles. The summed E-state index contributed by atoms with van der Waals surface area (Å²) in [5, 5.41) is 14.4. The van der Waals surface area contributed by atoms with Gasteiger partial charge in [0.05, 0.1) is 11.6 Å². The van der Waals surface area contributed by atoms with Crippen LogP contribution in [0.4, 0.5) is 5.69 Å². The van der Waals surface area contributed by atoms with E-state index in [4.69, 9.17) is 11.6 Å². The average molecular weight is 240 g/mol. The topological polar surface area (TPSA) is 32.3 Å². The first-order valence-electron chi connectivity index (χ1n) is 5.60. The number of anilines is 1. The Labute approximate surface area is 102 Å². The molecule has 1 aliphatic rings. The van der Waals surface area contributed by atoms with Crippen molar-refractivity contribution >= 4 is 17.3 Å². The summed E-state index contributed by atoms with van der Waals surface area (Å²) in [6, 6.07) is 3.91. The van der Waals surface area contributed by atoms with Crippen molar-refractivity contribution < 1.29 is 5.11 Å². The van der Waals surface area contributed by atoms with Crippen molar-refractivity contribution in [1.29, 1.82) is 0 Å². The van der Waals surface area contributed by atoms with Gasteiger partial charge in [0.1, 0.15) is 0 Å². The van der Waals surface area contributed by atoms with Crippen molar-refractivity contribution in [1.82, 2.24) is 0 Å². The highest BCUT2D eigenvalue weighted by atomic mass is 35.5. The molecule has 2 nitrogen and oxygen atoms in total. The number of fused-ring (bicyclic) bond motifs is 1. The second-order valence-corrected chi connectivity index (χ2v) is 5.64. The summed E-state index contributed by atoms with van der Waals surface area (Å²) in [6.07, 6.45) is -0.431. The molecule has 0 saturated carbocycles. The summed E-state index contributed by atoms with van der Waals surface area (Å²) < 4.78 is 0. The molecule has 0 bridgehead atoms. The third kappa shape index (κ3) is 1.61. The predicted octanol–water partition coefficient (Wildman–Crippen LogP) is 3.32. The standard InChI is InChI=1S/C13H18ClNO/c1-7-5-6-9(14)10-8(2)12(16)13(3,4)15-11(7)10/h5-6,8,12,15-16H,1-4H3/t8-,12+/m0/s1. The number of hydrogen-bond donors (Lipinski definition) is 2. The summed E-state index contributed by atoms with van der Waals surface area (Å²) in [7, 11) is 0. The minimum Gasteiger partial charge on any atom is -0.390 e. The molecule has 2 rings (SSSR count). The number of nitrogens with one attached hydrogen (secondary N) is 1. The summed E-state index contributed by atoms with van der Waals surface area (Å²) in [5.41, 5.74) is 2.97. The predicted molar refractivity (Wildman–Crippen MR) is 68.3 cm³/mol. The second kappa shape index (κ2) is 3.64. The Bertz CT molecular complexity index is 428. The number of aryl methyl sites for hydroxylation is 1. The van der Waals surface area contributed by atoms with Crippen molar-refractivity contribution in [2.75, 3.05) is 5.32 Å². The van der Waals surface area contributed by atoms with Gasteiger partial charge in [0.15, 0.2) is 0 Å². The first-order valence-corrected chi connectivity index (χ1v) is 5.97. The summed E-state index contributed by atoms with van der Waals surface area (Å²) in [5.74, 6) is 0.0543. The molecule has 0 amide bonds. The lowest BCUT2D eigenvalue weighted by Gasteiger charge is -2.43. The van der Waals surface area contributed by atoms with Crippen molar-refractivity contribution in [3.63, 3.8) is 0 Å². The number of halogens is 1. The van der Waals surface area contributed by atoms with Crippen LogP contribution >= 0.6 is 11.6 Å². The Kier molecular flexibility index (Phi) is 2.67. The quantitative estimate of drug-likeness (QED) is 0.728. The zero-order chi connectivity index (χ0) is 12.1. The largest absolute Gasteiger partial charge is 0.390 e. The number of aliphatic hydroxyl groups is 1. The fraction of sp³-hybridized carbons (Fsp3) is 0.538. The molecule has 16 heavy (non-hydrogen) atoms. The molecule has 1 aromatic carbocycles. The van der Waals surface area contributed by atoms with Crippen LogP contribution in [0.2, 0.25) is 5.02 Å². The minimum atomic E-state index is -0.431. The third-order valence-electron chi connectivity index (χ3n) is 3.52. The average Bonchev–Trinajstić information content (AvgIpc) is 2.20. The molecule has 0 spiro atoms. The van der Waals surface area contributed by atoms with E-state index in [0.717, 1.165) is 16.3 Å². The number of aliphatic hydroxyl groups excluding tert-OH is 1. The third-order valence-corrected chi connectivity index (χ3v) is 3.85. The first-order chi connectivity index (χ1) is 7.34. The minimum absolute atomic E-state index is 0.0543. The second-order valence-electron chi connectivity index (χ2n) is 5.23. The van der Waals surface area contributed by atoms with E-state index in [0.29, 0.717) is 0 Å². The molecule has 88 valence electrons. The van der Waals surface area contributed by atoms with Crippen LogP contribution < -0.4 is 5.32 Å². The number of hydrogen-bond acceptors (Lipinski definition) is 2. The van der Waals surface area contributed by atoms with Crippen LogP contribution in [0.1, 0.15) is 37.8 Å². The van der Waals surface area contributed by atoms with Gasteiger partial charge < -0.3 is 10.4 Å². The van der Waals surface area contributed by atoms with E-state index in [1.54, 1.807) is 0 Å². The van der Waals surface area contributed by atoms with Crippen LogP contribution in [0.25, 0.3) is 0 Å². The Morgan fingerprint density at radius 2 is 2.00 bits per heavy atom. The maximum absolute atomic E-state index is 10.2. The molecule has 0 unspecified atom stereocenters. The van der Waals surface area contributed by atoms with E-state index in [2.05, 4.69) is 12.2 Å². The van der Waals surface area contributed by atoms with Crippen LogP contribution in [-0.4, -0.2) is 16.7 Å². The number of benzene rings is 1. The summed E-state index contributed by atoms with van der Waals surface area (Å²) in [6.45, 7) is 8.11. The van der Waals surface area contributed by atoms with Crippen LogP contribution in [0, 0.1) is 6.92 Å². The zero-order valence-electron chi connectivity index (χ0n) is 10.1. The smallest absolute Gasteiger partial charge is 0.0831 e. The van der Waals surface area contributed by atoms with Gasteiger partial charge in [0.25, 0.3) is 0 Å². The maximum Gasteiger partial charge on any atom is 0.0831 e. The lowest BCUT2D eigenvalue weighted by Crippen LogP contribution is -2.50. The first kappa shape index (κ1) is 11.7. The van der Waals surface area contributed by atoms with Crippen molar-refractivity contribution in [2.45, 2.75) is 45.3 Å². The van der Waals surface area contributed by atoms with Crippen molar-refractivity contribution in [3.05, 3.63) is 28.3 Å². The normalized spacial score (nSPS) is 27.1. The van der Waals surface area contributed by atoms with Gasteiger partial charge in [-0.25, -0.2) is 0 Å². The SMILES string of the molecule is Cc1ccc(Cl)c2c1NC(C)(C)[C@H](O)[C@H]2C. The van der Waals surface area contributed by atoms with Crippen LogP contribution in [-0.2, 0) is 0 Å². The molecular formula is C13H18ClNO. The lowest BCUT2D eigenvalue weighted by molar-refractivity contribution is 0.0869. The maximum atomic E-state index is 10.2. The highest BCUT2D eigenvalue weighted by molar-refractivity contribution is 6.32. The van der Waals surface area contributed by atoms with Gasteiger partial charge in [-0.05, 0) is 38.0 Å². The van der Waals surface area contributed by atoms with E-state index in [1.807, 2.05) is 32.9 Å². The van der Waals surface area contributed by atoms with Gasteiger partial charge in [-0.3, -0.25) is 0 Å². The molecule has 0 aliphatic carbocycles. The molecule has 0 fully saturated rings. The molecule has 3 heteroatoms. The highest BCUT2D eigenvalue weighted by Gasteiger charge is 2.39. The van der Waals surface area contributed by atoms with Gasteiger partial charge in [-0.1, -0.05) is 24.6 Å². The number of rotatable bonds is 0. The molecular weight excluding hydrogens is 222 g/mol. The Morgan fingerprint density at radius 3 is 2.62 bits per heavy atom. The molecule has 2 N–H and O–H groups in total. The van der Waals surface area contributed by atoms with Gasteiger partial charge in [0.2, 0.25) is 0 Å². The van der Waals surface area contributed by atoms with E-state index < -0.39 is 6.10 Å². The van der Waals surface area contributed by atoms with Gasteiger partial charge >= 0.3 is 0 Å². The fourth-order valence-corrected chi connectivity index (χ4v) is 2.82. The van der Waals surface area contributed by atoms with Crippen molar-refractivity contribution in [3.8, 4) is 0 Å². The molecule has 1 aliphatic heterocycles.